The summed E-state index contributed by atoms with van der Waals surface area (Å²) >= 11 is 0. The summed E-state index contributed by atoms with van der Waals surface area (Å²) in [5, 5.41) is 0. The van der Waals surface area contributed by atoms with Gasteiger partial charge in [-0.1, -0.05) is 38.0 Å². The van der Waals surface area contributed by atoms with Gasteiger partial charge < -0.3 is 52.1 Å². The number of unbranched alkanes of at least 4 members (excludes halogenated alkanes) is 6. The van der Waals surface area contributed by atoms with Crippen molar-refractivity contribution in [2.75, 3.05) is 99.1 Å². The van der Waals surface area contributed by atoms with Crippen molar-refractivity contribution in [2.24, 2.45) is 0 Å². The van der Waals surface area contributed by atoms with Gasteiger partial charge in [0.25, 0.3) is 0 Å². The molecule has 0 bridgehead atoms. The van der Waals surface area contributed by atoms with Crippen LogP contribution in [-0.2, 0) is 53.1 Å². The number of carbonyl (C=O) groups excluding carboxylic acids is 2. The van der Waals surface area contributed by atoms with Crippen LogP contribution in [-0.4, -0.2) is 111 Å². The van der Waals surface area contributed by atoms with Gasteiger partial charge in [0.05, 0.1) is 98.1 Å². The van der Waals surface area contributed by atoms with E-state index in [2.05, 4.69) is 39.5 Å². The fourth-order valence-electron chi connectivity index (χ4n) is 6.80. The van der Waals surface area contributed by atoms with Gasteiger partial charge in [0.1, 0.15) is 31.3 Å². The molecule has 3 aromatic carbocycles. The first-order valence-corrected chi connectivity index (χ1v) is 27.6. The van der Waals surface area contributed by atoms with Crippen molar-refractivity contribution in [3.05, 3.63) is 148 Å². The maximum absolute atomic E-state index is 13.3. The lowest BCUT2D eigenvalue weighted by molar-refractivity contribution is -0.286. The van der Waals surface area contributed by atoms with Gasteiger partial charge in [-0.05, 0) is 138 Å². The maximum atomic E-state index is 13.3. The Morgan fingerprint density at radius 1 is 0.329 bits per heavy atom. The first-order chi connectivity index (χ1) is 40.4. The fraction of sp³-hybridized carbons (Fsp3) is 0.429. The Morgan fingerprint density at radius 2 is 0.622 bits per heavy atom. The normalized spacial score (nSPS) is 10.9. The predicted molar refractivity (Wildman–Crippen MR) is 312 cm³/mol. The molecule has 0 radical (unpaired) electrons. The van der Waals surface area contributed by atoms with Crippen molar-refractivity contribution in [3.63, 3.8) is 0 Å². The standard InChI is InChI=1S/C63H84O19/c1-7-37-75-78-49-22-19-44-70-57-34-26-52(60(71-45-17-14-41-67-11-5)63(57)74-48-21-24-51-80-77-39-9-3)27-35-58(64)81-54-29-31-55(32-30-54)82-59(65)36-28-53-25-33-56(69-43-16-13-40-66-10-4)62(73-47-18-15-42-68-12-6)61(53)72-46-20-23-50-79-76-38-8-2/h7-12,25-36H,1-6,13-24,37-51H2/b35-27+,36-28+. The molecule has 0 aliphatic rings. The monoisotopic (exact) mass is 1140 g/mol. The van der Waals surface area contributed by atoms with Gasteiger partial charge in [-0.3, -0.25) is 0 Å². The highest BCUT2D eigenvalue weighted by Gasteiger charge is 2.20. The molecule has 0 saturated carbocycles. The van der Waals surface area contributed by atoms with Crippen LogP contribution in [0.3, 0.4) is 0 Å². The van der Waals surface area contributed by atoms with Crippen LogP contribution in [0.5, 0.6) is 46.0 Å². The summed E-state index contributed by atoms with van der Waals surface area (Å²) < 4.78 is 64.9. The van der Waals surface area contributed by atoms with Crippen molar-refractivity contribution in [2.45, 2.75) is 77.0 Å². The molecular weight excluding hydrogens is 1060 g/mol. The molecule has 82 heavy (non-hydrogen) atoms. The maximum Gasteiger partial charge on any atom is 0.336 e. The minimum Gasteiger partial charge on any atom is -0.502 e. The van der Waals surface area contributed by atoms with Gasteiger partial charge in [0, 0.05) is 23.3 Å². The zero-order valence-corrected chi connectivity index (χ0v) is 47.5. The van der Waals surface area contributed by atoms with Crippen molar-refractivity contribution in [1.29, 1.82) is 0 Å². The van der Waals surface area contributed by atoms with Gasteiger partial charge >= 0.3 is 11.9 Å². The molecule has 19 heteroatoms. The molecule has 0 unspecified atom stereocenters. The lowest BCUT2D eigenvalue weighted by Gasteiger charge is -2.19. The number of carbonyl (C=O) groups is 2. The second-order valence-electron chi connectivity index (χ2n) is 17.2. The summed E-state index contributed by atoms with van der Waals surface area (Å²) in [4.78, 5) is 57.2. The molecule has 0 atom stereocenters. The van der Waals surface area contributed by atoms with E-state index in [0.29, 0.717) is 189 Å². The third-order valence-corrected chi connectivity index (χ3v) is 10.8. The van der Waals surface area contributed by atoms with Crippen molar-refractivity contribution >= 4 is 24.1 Å². The summed E-state index contributed by atoms with van der Waals surface area (Å²) in [6.45, 7) is 27.1. The van der Waals surface area contributed by atoms with Crippen LogP contribution in [0.2, 0.25) is 0 Å². The Bertz CT molecular complexity index is 2330. The lowest BCUT2D eigenvalue weighted by atomic mass is 10.1. The van der Waals surface area contributed by atoms with Crippen molar-refractivity contribution in [3.8, 4) is 46.0 Å². The first-order valence-electron chi connectivity index (χ1n) is 27.6. The second kappa shape index (κ2) is 47.2. The van der Waals surface area contributed by atoms with E-state index in [1.54, 1.807) is 54.6 Å². The van der Waals surface area contributed by atoms with E-state index in [1.165, 1.54) is 55.2 Å². The first kappa shape index (κ1) is 68.8. The molecule has 0 aliphatic carbocycles. The smallest absolute Gasteiger partial charge is 0.336 e. The Kier molecular flexibility index (Phi) is 39.5. The van der Waals surface area contributed by atoms with Gasteiger partial charge in [0.15, 0.2) is 23.0 Å². The minimum atomic E-state index is -0.676. The third-order valence-electron chi connectivity index (χ3n) is 10.8. The SMILES string of the molecule is C=CCOOCCCCOc1ccc(/C=C/C(=O)Oc2ccc(OC(=O)/C=C/c3ccc(OCCCCOC=C)c(OCCCCOC=C)c3OCCCCOOCC=C)cc2)c(OCCCCOC=C)c1OCCCCOOCC=C. The van der Waals surface area contributed by atoms with E-state index >= 15 is 0 Å². The van der Waals surface area contributed by atoms with Gasteiger partial charge in [-0.15, -0.1) is 19.7 Å². The molecular formula is C63H84O19. The molecule has 0 aromatic heterocycles. The lowest BCUT2D eigenvalue weighted by Crippen LogP contribution is -2.09. The number of hydrogen-bond acceptors (Lipinski definition) is 19. The highest BCUT2D eigenvalue weighted by Crippen LogP contribution is 2.43. The number of esters is 2. The van der Waals surface area contributed by atoms with Crippen LogP contribution in [0.4, 0.5) is 0 Å². The number of ether oxygens (including phenoxy) is 11. The minimum absolute atomic E-state index is 0.207. The highest BCUT2D eigenvalue weighted by molar-refractivity contribution is 5.90. The summed E-state index contributed by atoms with van der Waals surface area (Å²) in [5.41, 5.74) is 1.09. The van der Waals surface area contributed by atoms with Gasteiger partial charge in [-0.2, -0.15) is 0 Å². The summed E-state index contributed by atoms with van der Waals surface area (Å²) in [5.74, 6) is 1.55. The summed E-state index contributed by atoms with van der Waals surface area (Å²) in [7, 11) is 0. The largest absolute Gasteiger partial charge is 0.502 e. The second-order valence-corrected chi connectivity index (χ2v) is 17.2. The molecule has 0 aliphatic heterocycles. The molecule has 3 rings (SSSR count). The summed E-state index contributed by atoms with van der Waals surface area (Å²) in [6, 6.07) is 13.1. The predicted octanol–water partition coefficient (Wildman–Crippen LogP) is 12.8. The van der Waals surface area contributed by atoms with E-state index in [-0.39, 0.29) is 24.7 Å². The quantitative estimate of drug-likeness (QED) is 0.00757. The molecule has 0 fully saturated rings. The summed E-state index contributed by atoms with van der Waals surface area (Å²) in [6.07, 6.45) is 22.9. The van der Waals surface area contributed by atoms with E-state index < -0.39 is 11.9 Å². The van der Waals surface area contributed by atoms with Gasteiger partial charge in [-0.25, -0.2) is 38.9 Å². The molecule has 0 saturated heterocycles. The molecule has 0 N–H and O–H groups in total. The Morgan fingerprint density at radius 3 is 0.939 bits per heavy atom. The van der Waals surface area contributed by atoms with Crippen LogP contribution in [0.25, 0.3) is 12.2 Å². The third kappa shape index (κ3) is 31.5. The van der Waals surface area contributed by atoms with E-state index in [0.717, 1.165) is 19.3 Å². The van der Waals surface area contributed by atoms with Crippen molar-refractivity contribution < 1.29 is 91.0 Å². The van der Waals surface area contributed by atoms with Crippen LogP contribution in [0, 0.1) is 0 Å². The number of rotatable bonds is 54. The number of benzene rings is 3. The molecule has 0 amide bonds. The van der Waals surface area contributed by atoms with E-state index in [9.17, 15) is 9.59 Å². The zero-order chi connectivity index (χ0) is 58.8. The van der Waals surface area contributed by atoms with Crippen LogP contribution in [0.1, 0.15) is 88.2 Å². The average Bonchev–Trinajstić information content (AvgIpc) is 3.69. The van der Waals surface area contributed by atoms with Crippen LogP contribution >= 0.6 is 0 Å². The molecule has 450 valence electrons. The van der Waals surface area contributed by atoms with Crippen LogP contribution < -0.4 is 37.9 Å². The Labute approximate surface area is 483 Å². The Balaban J connectivity index is 1.79. The van der Waals surface area contributed by atoms with Crippen LogP contribution in [0.15, 0.2) is 137 Å². The molecule has 19 nitrogen and oxygen atoms in total. The van der Waals surface area contributed by atoms with E-state index in [4.69, 9.17) is 81.4 Å². The van der Waals surface area contributed by atoms with Gasteiger partial charge in [0.2, 0.25) is 11.5 Å². The van der Waals surface area contributed by atoms with Crippen molar-refractivity contribution in [1.82, 2.24) is 0 Å². The molecule has 3 aromatic rings. The topological polar surface area (TPSA) is 191 Å². The average molecular weight is 1150 g/mol. The zero-order valence-electron chi connectivity index (χ0n) is 47.5. The molecule has 0 spiro atoms. The number of hydrogen-bond donors (Lipinski definition) is 0. The molecule has 0 heterocycles. The Hall–Kier alpha value is -7.52. The highest BCUT2D eigenvalue weighted by atomic mass is 17.2. The van der Waals surface area contributed by atoms with E-state index in [1.807, 2.05) is 0 Å². The fourth-order valence-corrected chi connectivity index (χ4v) is 6.80.